The van der Waals surface area contributed by atoms with Crippen molar-refractivity contribution in [2.45, 2.75) is 39.2 Å². The number of hydrogen-bond donors (Lipinski definition) is 0. The van der Waals surface area contributed by atoms with Crippen LogP contribution in [0.15, 0.2) is 48.5 Å². The number of hydrogen-bond acceptors (Lipinski definition) is 3. The van der Waals surface area contributed by atoms with Gasteiger partial charge in [-0.1, -0.05) is 29.8 Å². The fourth-order valence-electron chi connectivity index (χ4n) is 4.80. The maximum Gasteiger partial charge on any atom is 0.227 e. The van der Waals surface area contributed by atoms with Crippen molar-refractivity contribution in [3.05, 3.63) is 82.4 Å². The molecule has 0 saturated carbocycles. The smallest absolute Gasteiger partial charge is 0.227 e. The maximum absolute atomic E-state index is 13.4. The molecule has 1 amide bonds. The minimum absolute atomic E-state index is 0.204. The van der Waals surface area contributed by atoms with Crippen LogP contribution < -0.4 is 0 Å². The largest absolute Gasteiger partial charge is 0.340 e. The summed E-state index contributed by atoms with van der Waals surface area (Å²) in [5.74, 6) is -0.0254. The molecular weight excluding hydrogens is 403 g/mol. The van der Waals surface area contributed by atoms with Gasteiger partial charge in [-0.3, -0.25) is 9.69 Å². The van der Waals surface area contributed by atoms with Crippen molar-refractivity contribution in [3.63, 3.8) is 0 Å². The number of amides is 1. The molecule has 2 heterocycles. The lowest BCUT2D eigenvalue weighted by atomic mass is 10.1. The molecule has 0 bridgehead atoms. The van der Waals surface area contributed by atoms with E-state index in [-0.39, 0.29) is 11.7 Å². The van der Waals surface area contributed by atoms with Gasteiger partial charge in [-0.25, -0.2) is 9.07 Å². The topological polar surface area (TPSA) is 41.4 Å². The number of aromatic nitrogens is 2. The number of fused-ring (bicyclic) bond motifs is 1. The van der Waals surface area contributed by atoms with Crippen LogP contribution in [0.5, 0.6) is 0 Å². The van der Waals surface area contributed by atoms with Crippen LogP contribution in [0.1, 0.15) is 34.5 Å². The van der Waals surface area contributed by atoms with Gasteiger partial charge in [0.2, 0.25) is 5.91 Å². The highest BCUT2D eigenvalue weighted by Gasteiger charge is 2.26. The van der Waals surface area contributed by atoms with Gasteiger partial charge in [-0.05, 0) is 61.6 Å². The van der Waals surface area contributed by atoms with Crippen LogP contribution in [0.4, 0.5) is 4.39 Å². The first-order chi connectivity index (χ1) is 15.6. The molecule has 166 valence electrons. The standard InChI is InChI=1S/C26H29FN4O/c1-19-5-7-20(8-6-19)17-26(32)30-15-13-29(14-16-30)18-24-23-3-2-4-25(23)31(28-24)22-11-9-21(27)10-12-22/h5-12H,2-4,13-18H2,1H3. The summed E-state index contributed by atoms with van der Waals surface area (Å²) in [4.78, 5) is 17.1. The SMILES string of the molecule is Cc1ccc(CC(=O)N2CCN(Cc3nn(-c4ccc(F)cc4)c4c3CCC4)CC2)cc1. The molecule has 6 heteroatoms. The van der Waals surface area contributed by atoms with Crippen molar-refractivity contribution in [2.75, 3.05) is 26.2 Å². The minimum Gasteiger partial charge on any atom is -0.340 e. The van der Waals surface area contributed by atoms with E-state index in [1.54, 1.807) is 12.1 Å². The molecule has 1 aromatic heterocycles. The van der Waals surface area contributed by atoms with Crippen molar-refractivity contribution in [1.82, 2.24) is 19.6 Å². The zero-order valence-corrected chi connectivity index (χ0v) is 18.6. The van der Waals surface area contributed by atoms with Crippen LogP contribution >= 0.6 is 0 Å². The zero-order chi connectivity index (χ0) is 22.1. The lowest BCUT2D eigenvalue weighted by Crippen LogP contribution is -2.48. The van der Waals surface area contributed by atoms with Gasteiger partial charge in [-0.2, -0.15) is 5.10 Å². The average Bonchev–Trinajstić information content (AvgIpc) is 3.40. The first kappa shape index (κ1) is 20.9. The summed E-state index contributed by atoms with van der Waals surface area (Å²) in [5.41, 5.74) is 6.95. The molecule has 0 radical (unpaired) electrons. The van der Waals surface area contributed by atoms with Gasteiger partial charge in [-0.15, -0.1) is 0 Å². The Balaban J connectivity index is 1.22. The van der Waals surface area contributed by atoms with Crippen molar-refractivity contribution < 1.29 is 9.18 Å². The number of carbonyl (C=O) groups is 1. The van der Waals surface area contributed by atoms with E-state index in [0.717, 1.165) is 68.9 Å². The summed E-state index contributed by atoms with van der Waals surface area (Å²) in [7, 11) is 0. The van der Waals surface area contributed by atoms with Crippen molar-refractivity contribution >= 4 is 5.91 Å². The second-order valence-corrected chi connectivity index (χ2v) is 8.93. The fraction of sp³-hybridized carbons (Fsp3) is 0.385. The molecule has 3 aromatic rings. The number of carbonyl (C=O) groups excluding carboxylic acids is 1. The summed E-state index contributed by atoms with van der Waals surface area (Å²) in [5, 5.41) is 4.91. The highest BCUT2D eigenvalue weighted by Crippen LogP contribution is 2.29. The first-order valence-electron chi connectivity index (χ1n) is 11.5. The van der Waals surface area contributed by atoms with Gasteiger partial charge >= 0.3 is 0 Å². The lowest BCUT2D eigenvalue weighted by molar-refractivity contribution is -0.132. The summed E-state index contributed by atoms with van der Waals surface area (Å²) in [6, 6.07) is 14.8. The Morgan fingerprint density at radius 1 is 0.969 bits per heavy atom. The van der Waals surface area contributed by atoms with Gasteiger partial charge in [0.05, 0.1) is 17.8 Å². The number of nitrogens with zero attached hydrogens (tertiary/aromatic N) is 4. The average molecular weight is 433 g/mol. The van der Waals surface area contributed by atoms with E-state index in [0.29, 0.717) is 6.42 Å². The maximum atomic E-state index is 13.4. The van der Waals surface area contributed by atoms with Gasteiger partial charge < -0.3 is 4.90 Å². The minimum atomic E-state index is -0.229. The third kappa shape index (κ3) is 4.32. The van der Waals surface area contributed by atoms with Crippen LogP contribution in [-0.2, 0) is 30.6 Å². The third-order valence-corrected chi connectivity index (χ3v) is 6.66. The fourth-order valence-corrected chi connectivity index (χ4v) is 4.80. The number of rotatable bonds is 5. The van der Waals surface area contributed by atoms with Gasteiger partial charge in [0, 0.05) is 38.4 Å². The number of piperazine rings is 1. The molecule has 0 unspecified atom stereocenters. The Morgan fingerprint density at radius 2 is 1.69 bits per heavy atom. The van der Waals surface area contributed by atoms with E-state index in [1.165, 1.54) is 29.0 Å². The Bertz CT molecular complexity index is 1100. The van der Waals surface area contributed by atoms with Gasteiger partial charge in [0.25, 0.3) is 0 Å². The summed E-state index contributed by atoms with van der Waals surface area (Å²) < 4.78 is 15.4. The molecule has 1 aliphatic carbocycles. The van der Waals surface area contributed by atoms with E-state index < -0.39 is 0 Å². The van der Waals surface area contributed by atoms with Crippen LogP contribution in [0.3, 0.4) is 0 Å². The molecule has 5 nitrogen and oxygen atoms in total. The van der Waals surface area contributed by atoms with Crippen LogP contribution in [0.2, 0.25) is 0 Å². The molecule has 1 fully saturated rings. The van der Waals surface area contributed by atoms with Crippen molar-refractivity contribution in [3.8, 4) is 5.69 Å². The Hall–Kier alpha value is -2.99. The predicted molar refractivity (Wildman–Crippen MR) is 122 cm³/mol. The Morgan fingerprint density at radius 3 is 2.41 bits per heavy atom. The first-order valence-corrected chi connectivity index (χ1v) is 11.5. The number of halogens is 1. The highest BCUT2D eigenvalue weighted by atomic mass is 19.1. The van der Waals surface area contributed by atoms with Crippen LogP contribution in [0.25, 0.3) is 5.69 Å². The highest BCUT2D eigenvalue weighted by molar-refractivity contribution is 5.78. The van der Waals surface area contributed by atoms with E-state index in [9.17, 15) is 9.18 Å². The Kier molecular flexibility index (Phi) is 5.79. The molecule has 0 N–H and O–H groups in total. The molecule has 0 atom stereocenters. The zero-order valence-electron chi connectivity index (χ0n) is 18.6. The van der Waals surface area contributed by atoms with Gasteiger partial charge in [0.1, 0.15) is 5.82 Å². The molecule has 1 aliphatic heterocycles. The molecule has 0 spiro atoms. The van der Waals surface area contributed by atoms with Crippen LogP contribution in [0, 0.1) is 12.7 Å². The molecular formula is C26H29FN4O. The monoisotopic (exact) mass is 432 g/mol. The normalized spacial score (nSPS) is 16.4. The number of aryl methyl sites for hydroxylation is 1. The molecule has 2 aliphatic rings. The molecule has 5 rings (SSSR count). The molecule has 32 heavy (non-hydrogen) atoms. The Labute approximate surface area is 188 Å². The van der Waals surface area contributed by atoms with Crippen molar-refractivity contribution in [1.29, 1.82) is 0 Å². The molecule has 1 saturated heterocycles. The second-order valence-electron chi connectivity index (χ2n) is 8.93. The summed E-state index contributed by atoms with van der Waals surface area (Å²) in [6.07, 6.45) is 3.68. The van der Waals surface area contributed by atoms with E-state index in [4.69, 9.17) is 5.10 Å². The molecule has 2 aromatic carbocycles. The van der Waals surface area contributed by atoms with Gasteiger partial charge in [0.15, 0.2) is 0 Å². The second kappa shape index (κ2) is 8.87. The van der Waals surface area contributed by atoms with E-state index >= 15 is 0 Å². The quantitative estimate of drug-likeness (QED) is 0.618. The number of benzene rings is 2. The summed E-state index contributed by atoms with van der Waals surface area (Å²) in [6.45, 7) is 6.09. The lowest BCUT2D eigenvalue weighted by Gasteiger charge is -2.34. The van der Waals surface area contributed by atoms with Crippen LogP contribution in [-0.4, -0.2) is 51.7 Å². The summed E-state index contributed by atoms with van der Waals surface area (Å²) >= 11 is 0. The third-order valence-electron chi connectivity index (χ3n) is 6.66. The van der Waals surface area contributed by atoms with Crippen molar-refractivity contribution in [2.24, 2.45) is 0 Å². The van der Waals surface area contributed by atoms with E-state index in [1.807, 2.05) is 21.7 Å². The van der Waals surface area contributed by atoms with E-state index in [2.05, 4.69) is 24.0 Å². The predicted octanol–water partition coefficient (Wildman–Crippen LogP) is 3.70.